The number of aliphatic hydroxyl groups is 1. The third kappa shape index (κ3) is 6.32. The first-order valence-corrected chi connectivity index (χ1v) is 13.6. The fraction of sp³-hybridized carbons (Fsp3) is 0.469. The molecule has 188 valence electrons. The highest BCUT2D eigenvalue weighted by Gasteiger charge is 2.33. The quantitative estimate of drug-likeness (QED) is 0.271. The van der Waals surface area contributed by atoms with E-state index in [1.807, 2.05) is 60.7 Å². The van der Waals surface area contributed by atoms with Crippen LogP contribution in [0.15, 0.2) is 66.7 Å². The molecule has 3 aromatic carbocycles. The molecule has 0 heterocycles. The summed E-state index contributed by atoms with van der Waals surface area (Å²) in [5.74, 6) is 0.0746. The third-order valence-corrected chi connectivity index (χ3v) is 7.09. The Balaban J connectivity index is 2.22. The van der Waals surface area contributed by atoms with Crippen molar-refractivity contribution in [2.75, 3.05) is 0 Å². The van der Waals surface area contributed by atoms with Crippen LogP contribution in [0.3, 0.4) is 0 Å². The summed E-state index contributed by atoms with van der Waals surface area (Å²) in [7, 11) is 0. The van der Waals surface area contributed by atoms with E-state index in [0.717, 1.165) is 67.7 Å². The van der Waals surface area contributed by atoms with Crippen LogP contribution < -0.4 is 0 Å². The zero-order chi connectivity index (χ0) is 25.2. The summed E-state index contributed by atoms with van der Waals surface area (Å²) in [6.45, 7) is 8.84. The van der Waals surface area contributed by atoms with Gasteiger partial charge in [-0.15, -0.1) is 0 Å². The topological polar surface area (TPSA) is 40.5 Å². The van der Waals surface area contributed by atoms with E-state index in [9.17, 15) is 9.90 Å². The summed E-state index contributed by atoms with van der Waals surface area (Å²) in [6.07, 6.45) is 7.37. The van der Waals surface area contributed by atoms with E-state index in [4.69, 9.17) is 0 Å². The Morgan fingerprint density at radius 3 is 1.77 bits per heavy atom. The van der Waals surface area contributed by atoms with Crippen molar-refractivity contribution in [3.63, 3.8) is 0 Å². The van der Waals surface area contributed by atoms with Gasteiger partial charge in [-0.3, -0.25) is 4.79 Å². The molecule has 3 nitrogen and oxygen atoms in total. The van der Waals surface area contributed by atoms with Crippen molar-refractivity contribution < 1.29 is 9.90 Å². The fourth-order valence-electron chi connectivity index (χ4n) is 5.51. The van der Waals surface area contributed by atoms with Crippen molar-refractivity contribution in [1.82, 2.24) is 4.90 Å². The van der Waals surface area contributed by atoms with Crippen LogP contribution in [0.5, 0.6) is 0 Å². The Hall–Kier alpha value is -2.65. The average molecular weight is 474 g/mol. The van der Waals surface area contributed by atoms with Gasteiger partial charge in [0, 0.05) is 12.1 Å². The highest BCUT2D eigenvalue weighted by molar-refractivity contribution is 6.08. The lowest BCUT2D eigenvalue weighted by atomic mass is 9.89. The minimum Gasteiger partial charge on any atom is -0.384 e. The second-order valence-corrected chi connectivity index (χ2v) is 9.74. The van der Waals surface area contributed by atoms with E-state index in [0.29, 0.717) is 11.1 Å². The van der Waals surface area contributed by atoms with Crippen LogP contribution in [-0.4, -0.2) is 28.0 Å². The van der Waals surface area contributed by atoms with E-state index in [1.54, 1.807) is 0 Å². The number of amides is 1. The summed E-state index contributed by atoms with van der Waals surface area (Å²) in [5.41, 5.74) is 2.16. The van der Waals surface area contributed by atoms with Crippen LogP contribution in [0.1, 0.15) is 107 Å². The standard InChI is InChI=1S/C32H43NO2/c1-5-14-26(15-6-2)33(27(16-7-3)17-8-4)32(35)30-28-21-13-12-18-24(28)22-23-29(30)31(34)25-19-10-9-11-20-25/h9-13,18-23,26-27,31,34H,5-8,14-17H2,1-4H3/t31-/m1/s1. The lowest BCUT2D eigenvalue weighted by Crippen LogP contribution is -2.47. The Bertz CT molecular complexity index is 1030. The first-order valence-electron chi connectivity index (χ1n) is 13.6. The molecule has 0 spiro atoms. The van der Waals surface area contributed by atoms with Gasteiger partial charge in [-0.25, -0.2) is 0 Å². The molecule has 1 atom stereocenters. The highest BCUT2D eigenvalue weighted by Crippen LogP contribution is 2.34. The van der Waals surface area contributed by atoms with Crippen LogP contribution in [0.4, 0.5) is 0 Å². The Labute approximate surface area is 212 Å². The summed E-state index contributed by atoms with van der Waals surface area (Å²) < 4.78 is 0. The second kappa shape index (κ2) is 13.4. The molecule has 3 rings (SSSR count). The van der Waals surface area contributed by atoms with Gasteiger partial charge in [0.2, 0.25) is 0 Å². The predicted molar refractivity (Wildman–Crippen MR) is 148 cm³/mol. The average Bonchev–Trinajstić information content (AvgIpc) is 2.88. The van der Waals surface area contributed by atoms with Gasteiger partial charge in [-0.2, -0.15) is 0 Å². The number of carbonyl (C=O) groups is 1. The zero-order valence-corrected chi connectivity index (χ0v) is 22.0. The molecule has 0 saturated heterocycles. The van der Waals surface area contributed by atoms with Crippen LogP contribution >= 0.6 is 0 Å². The number of aliphatic hydroxyl groups excluding tert-OH is 1. The molecule has 3 heteroatoms. The van der Waals surface area contributed by atoms with Gasteiger partial charge >= 0.3 is 0 Å². The SMILES string of the molecule is CCCC(CCC)N(C(=O)c1c([C@H](O)c2ccccc2)ccc2ccccc12)C(CCC)CCC. The molecule has 0 aromatic heterocycles. The minimum absolute atomic E-state index is 0.0746. The van der Waals surface area contributed by atoms with Gasteiger partial charge in [0.25, 0.3) is 5.91 Å². The molecule has 1 amide bonds. The molecule has 0 aliphatic rings. The van der Waals surface area contributed by atoms with Gasteiger partial charge in [-0.1, -0.05) is 120 Å². The largest absolute Gasteiger partial charge is 0.384 e. The van der Waals surface area contributed by atoms with Crippen molar-refractivity contribution in [3.8, 4) is 0 Å². The van der Waals surface area contributed by atoms with E-state index in [2.05, 4.69) is 38.7 Å². The maximum atomic E-state index is 14.7. The van der Waals surface area contributed by atoms with Crippen LogP contribution in [-0.2, 0) is 0 Å². The fourth-order valence-corrected chi connectivity index (χ4v) is 5.51. The highest BCUT2D eigenvalue weighted by atomic mass is 16.3. The smallest absolute Gasteiger partial charge is 0.255 e. The van der Waals surface area contributed by atoms with Crippen molar-refractivity contribution in [2.24, 2.45) is 0 Å². The zero-order valence-electron chi connectivity index (χ0n) is 22.0. The molecule has 0 radical (unpaired) electrons. The molecule has 0 unspecified atom stereocenters. The number of rotatable bonds is 13. The molecular weight excluding hydrogens is 430 g/mol. The molecule has 0 bridgehead atoms. The van der Waals surface area contributed by atoms with Crippen molar-refractivity contribution in [1.29, 1.82) is 0 Å². The summed E-state index contributed by atoms with van der Waals surface area (Å²) in [5, 5.41) is 13.4. The maximum absolute atomic E-state index is 14.7. The lowest BCUT2D eigenvalue weighted by molar-refractivity contribution is 0.0508. The van der Waals surface area contributed by atoms with Crippen LogP contribution in [0.25, 0.3) is 10.8 Å². The first kappa shape index (κ1) is 26.9. The lowest BCUT2D eigenvalue weighted by Gasteiger charge is -2.39. The van der Waals surface area contributed by atoms with Gasteiger partial charge in [0.05, 0.1) is 5.56 Å². The van der Waals surface area contributed by atoms with E-state index >= 15 is 0 Å². The monoisotopic (exact) mass is 473 g/mol. The van der Waals surface area contributed by atoms with E-state index in [-0.39, 0.29) is 18.0 Å². The Kier molecular flexibility index (Phi) is 10.3. The number of hydrogen-bond acceptors (Lipinski definition) is 2. The number of hydrogen-bond donors (Lipinski definition) is 1. The van der Waals surface area contributed by atoms with Crippen LogP contribution in [0, 0.1) is 0 Å². The predicted octanol–water partition coefficient (Wildman–Crippen LogP) is 8.30. The van der Waals surface area contributed by atoms with E-state index in [1.165, 1.54) is 0 Å². The Morgan fingerprint density at radius 2 is 1.23 bits per heavy atom. The number of fused-ring (bicyclic) bond motifs is 1. The first-order chi connectivity index (χ1) is 17.1. The van der Waals surface area contributed by atoms with Gasteiger partial charge in [0.1, 0.15) is 6.10 Å². The number of carbonyl (C=O) groups excluding carboxylic acids is 1. The minimum atomic E-state index is -0.854. The Morgan fingerprint density at radius 1 is 0.714 bits per heavy atom. The molecule has 0 aliphatic heterocycles. The molecule has 35 heavy (non-hydrogen) atoms. The molecule has 1 N–H and O–H groups in total. The second-order valence-electron chi connectivity index (χ2n) is 9.74. The van der Waals surface area contributed by atoms with Gasteiger partial charge < -0.3 is 10.0 Å². The molecule has 3 aromatic rings. The summed E-state index contributed by atoms with van der Waals surface area (Å²) in [6, 6.07) is 22.2. The van der Waals surface area contributed by atoms with Crippen LogP contribution in [0.2, 0.25) is 0 Å². The van der Waals surface area contributed by atoms with Crippen molar-refractivity contribution in [2.45, 2.75) is 97.2 Å². The van der Waals surface area contributed by atoms with Gasteiger partial charge in [0.15, 0.2) is 0 Å². The van der Waals surface area contributed by atoms with E-state index < -0.39 is 6.10 Å². The normalized spacial score (nSPS) is 12.4. The molecule has 0 fully saturated rings. The number of benzene rings is 3. The van der Waals surface area contributed by atoms with Crippen molar-refractivity contribution >= 4 is 16.7 Å². The number of nitrogens with zero attached hydrogens (tertiary/aromatic N) is 1. The summed E-state index contributed by atoms with van der Waals surface area (Å²) >= 11 is 0. The third-order valence-electron chi connectivity index (χ3n) is 7.09. The van der Waals surface area contributed by atoms with Gasteiger partial charge in [-0.05, 0) is 47.6 Å². The molecular formula is C32H43NO2. The summed E-state index contributed by atoms with van der Waals surface area (Å²) in [4.78, 5) is 16.9. The molecule has 0 aliphatic carbocycles. The molecule has 0 saturated carbocycles. The maximum Gasteiger partial charge on any atom is 0.255 e. The van der Waals surface area contributed by atoms with Crippen molar-refractivity contribution in [3.05, 3.63) is 83.4 Å².